The molecule has 0 aromatic carbocycles. The van der Waals surface area contributed by atoms with Crippen LogP contribution in [0.15, 0.2) is 6.07 Å². The standard InChI is InChI=1S/C13H22N4O/c1-4-18-12-7-9(2)15-13(16-12)17-6-5-11(8-17)10(3)14/h7,10-11H,4-6,8,14H2,1-3H3. The van der Waals surface area contributed by atoms with E-state index in [-0.39, 0.29) is 6.04 Å². The molecule has 0 bridgehead atoms. The molecule has 2 N–H and O–H groups in total. The Labute approximate surface area is 108 Å². The molecular formula is C13H22N4O. The average Bonchev–Trinajstić information content (AvgIpc) is 2.78. The molecule has 1 aromatic heterocycles. The zero-order chi connectivity index (χ0) is 13.1. The van der Waals surface area contributed by atoms with Crippen molar-refractivity contribution < 1.29 is 4.74 Å². The SMILES string of the molecule is CCOc1cc(C)nc(N2CCC(C(C)N)C2)n1. The van der Waals surface area contributed by atoms with Gasteiger partial charge in [-0.2, -0.15) is 4.98 Å². The fraction of sp³-hybridized carbons (Fsp3) is 0.692. The van der Waals surface area contributed by atoms with Gasteiger partial charge in [0, 0.05) is 30.9 Å². The first-order valence-electron chi connectivity index (χ1n) is 6.59. The third kappa shape index (κ3) is 2.90. The van der Waals surface area contributed by atoms with Crippen LogP contribution in [0.4, 0.5) is 5.95 Å². The predicted molar refractivity (Wildman–Crippen MR) is 71.9 cm³/mol. The molecule has 5 heteroatoms. The van der Waals surface area contributed by atoms with E-state index in [1.807, 2.05) is 19.9 Å². The highest BCUT2D eigenvalue weighted by molar-refractivity contribution is 5.35. The monoisotopic (exact) mass is 250 g/mol. The van der Waals surface area contributed by atoms with Crippen molar-refractivity contribution in [1.82, 2.24) is 9.97 Å². The van der Waals surface area contributed by atoms with E-state index < -0.39 is 0 Å². The van der Waals surface area contributed by atoms with Gasteiger partial charge in [0.1, 0.15) is 0 Å². The average molecular weight is 250 g/mol. The normalized spacial score (nSPS) is 21.1. The molecule has 1 saturated heterocycles. The molecule has 0 aliphatic carbocycles. The van der Waals surface area contributed by atoms with E-state index in [1.54, 1.807) is 0 Å². The number of aryl methyl sites for hydroxylation is 1. The van der Waals surface area contributed by atoms with Crippen LogP contribution in [0.2, 0.25) is 0 Å². The molecule has 0 amide bonds. The van der Waals surface area contributed by atoms with Crippen LogP contribution >= 0.6 is 0 Å². The van der Waals surface area contributed by atoms with Crippen LogP contribution in [0.25, 0.3) is 0 Å². The van der Waals surface area contributed by atoms with E-state index in [1.165, 1.54) is 0 Å². The molecule has 18 heavy (non-hydrogen) atoms. The number of ether oxygens (including phenoxy) is 1. The molecule has 1 aliphatic heterocycles. The van der Waals surface area contributed by atoms with Crippen LogP contribution in [0.5, 0.6) is 5.88 Å². The Morgan fingerprint density at radius 1 is 1.56 bits per heavy atom. The van der Waals surface area contributed by atoms with Crippen molar-refractivity contribution in [3.63, 3.8) is 0 Å². The van der Waals surface area contributed by atoms with E-state index in [4.69, 9.17) is 10.5 Å². The van der Waals surface area contributed by atoms with Crippen LogP contribution in [-0.2, 0) is 0 Å². The summed E-state index contributed by atoms with van der Waals surface area (Å²) in [6.45, 7) is 8.52. The summed E-state index contributed by atoms with van der Waals surface area (Å²) in [5, 5.41) is 0. The van der Waals surface area contributed by atoms with Crippen LogP contribution in [0.1, 0.15) is 26.0 Å². The summed E-state index contributed by atoms with van der Waals surface area (Å²) in [6.07, 6.45) is 1.11. The Kier molecular flexibility index (Phi) is 4.01. The van der Waals surface area contributed by atoms with E-state index in [2.05, 4.69) is 21.8 Å². The van der Waals surface area contributed by atoms with Crippen molar-refractivity contribution >= 4 is 5.95 Å². The number of nitrogens with zero attached hydrogens (tertiary/aromatic N) is 3. The summed E-state index contributed by atoms with van der Waals surface area (Å²) in [5.74, 6) is 1.95. The van der Waals surface area contributed by atoms with Gasteiger partial charge in [-0.3, -0.25) is 0 Å². The zero-order valence-electron chi connectivity index (χ0n) is 11.4. The van der Waals surface area contributed by atoms with Gasteiger partial charge in [-0.15, -0.1) is 0 Å². The van der Waals surface area contributed by atoms with Gasteiger partial charge in [0.05, 0.1) is 6.61 Å². The van der Waals surface area contributed by atoms with Crippen molar-refractivity contribution in [1.29, 1.82) is 0 Å². The Morgan fingerprint density at radius 3 is 2.94 bits per heavy atom. The largest absolute Gasteiger partial charge is 0.478 e. The highest BCUT2D eigenvalue weighted by Crippen LogP contribution is 2.24. The van der Waals surface area contributed by atoms with Crippen LogP contribution in [0.3, 0.4) is 0 Å². The maximum absolute atomic E-state index is 5.95. The molecule has 5 nitrogen and oxygen atoms in total. The van der Waals surface area contributed by atoms with Gasteiger partial charge in [0.25, 0.3) is 0 Å². The first-order chi connectivity index (χ1) is 8.60. The second-order valence-corrected chi connectivity index (χ2v) is 4.93. The Hall–Kier alpha value is -1.36. The van der Waals surface area contributed by atoms with Gasteiger partial charge < -0.3 is 15.4 Å². The second-order valence-electron chi connectivity index (χ2n) is 4.93. The fourth-order valence-corrected chi connectivity index (χ4v) is 2.29. The molecule has 0 saturated carbocycles. The second kappa shape index (κ2) is 5.52. The quantitative estimate of drug-likeness (QED) is 0.874. The number of anilines is 1. The maximum atomic E-state index is 5.95. The lowest BCUT2D eigenvalue weighted by Crippen LogP contribution is -2.30. The van der Waals surface area contributed by atoms with Crippen molar-refractivity contribution in [3.8, 4) is 5.88 Å². The summed E-state index contributed by atoms with van der Waals surface area (Å²) >= 11 is 0. The molecule has 2 heterocycles. The summed E-state index contributed by atoms with van der Waals surface area (Å²) in [7, 11) is 0. The fourth-order valence-electron chi connectivity index (χ4n) is 2.29. The van der Waals surface area contributed by atoms with Gasteiger partial charge in [-0.1, -0.05) is 0 Å². The molecule has 1 aromatic rings. The Morgan fingerprint density at radius 2 is 2.33 bits per heavy atom. The van der Waals surface area contributed by atoms with Gasteiger partial charge >= 0.3 is 0 Å². The first kappa shape index (κ1) is 13.1. The van der Waals surface area contributed by atoms with Crippen LogP contribution in [-0.4, -0.2) is 35.7 Å². The molecule has 2 unspecified atom stereocenters. The predicted octanol–water partition coefficient (Wildman–Crippen LogP) is 1.36. The number of nitrogens with two attached hydrogens (primary N) is 1. The Balaban J connectivity index is 2.13. The lowest BCUT2D eigenvalue weighted by Gasteiger charge is -2.18. The molecule has 2 atom stereocenters. The minimum Gasteiger partial charge on any atom is -0.478 e. The first-order valence-corrected chi connectivity index (χ1v) is 6.59. The molecule has 1 aliphatic rings. The number of rotatable bonds is 4. The van der Waals surface area contributed by atoms with Crippen molar-refractivity contribution in [3.05, 3.63) is 11.8 Å². The summed E-state index contributed by atoms with van der Waals surface area (Å²) < 4.78 is 5.46. The zero-order valence-corrected chi connectivity index (χ0v) is 11.4. The number of hydrogen-bond donors (Lipinski definition) is 1. The molecule has 0 spiro atoms. The summed E-state index contributed by atoms with van der Waals surface area (Å²) in [4.78, 5) is 11.1. The van der Waals surface area contributed by atoms with Crippen LogP contribution < -0.4 is 15.4 Å². The summed E-state index contributed by atoms with van der Waals surface area (Å²) in [5.41, 5.74) is 6.89. The lowest BCUT2D eigenvalue weighted by atomic mass is 10.0. The summed E-state index contributed by atoms with van der Waals surface area (Å²) in [6, 6.07) is 2.10. The van der Waals surface area contributed by atoms with Gasteiger partial charge in [-0.25, -0.2) is 4.98 Å². The van der Waals surface area contributed by atoms with Crippen molar-refractivity contribution in [2.45, 2.75) is 33.2 Å². The minimum atomic E-state index is 0.228. The van der Waals surface area contributed by atoms with E-state index in [0.29, 0.717) is 18.4 Å². The molecule has 1 fully saturated rings. The molecule has 0 radical (unpaired) electrons. The molecular weight excluding hydrogens is 228 g/mol. The van der Waals surface area contributed by atoms with Gasteiger partial charge in [-0.05, 0) is 33.1 Å². The Bertz CT molecular complexity index is 408. The minimum absolute atomic E-state index is 0.228. The van der Waals surface area contributed by atoms with Gasteiger partial charge in [0.2, 0.25) is 11.8 Å². The number of hydrogen-bond acceptors (Lipinski definition) is 5. The molecule has 100 valence electrons. The highest BCUT2D eigenvalue weighted by atomic mass is 16.5. The van der Waals surface area contributed by atoms with Crippen LogP contribution in [0, 0.1) is 12.8 Å². The molecule has 2 rings (SSSR count). The third-order valence-corrected chi connectivity index (χ3v) is 3.36. The van der Waals surface area contributed by atoms with E-state index in [9.17, 15) is 0 Å². The highest BCUT2D eigenvalue weighted by Gasteiger charge is 2.27. The van der Waals surface area contributed by atoms with Gasteiger partial charge in [0.15, 0.2) is 0 Å². The van der Waals surface area contributed by atoms with Crippen molar-refractivity contribution in [2.75, 3.05) is 24.6 Å². The van der Waals surface area contributed by atoms with E-state index in [0.717, 1.165) is 31.2 Å². The lowest BCUT2D eigenvalue weighted by molar-refractivity contribution is 0.326. The topological polar surface area (TPSA) is 64.3 Å². The maximum Gasteiger partial charge on any atom is 0.228 e. The third-order valence-electron chi connectivity index (χ3n) is 3.36. The van der Waals surface area contributed by atoms with Crippen molar-refractivity contribution in [2.24, 2.45) is 11.7 Å². The van der Waals surface area contributed by atoms with E-state index >= 15 is 0 Å². The number of aromatic nitrogens is 2. The smallest absolute Gasteiger partial charge is 0.228 e.